The van der Waals surface area contributed by atoms with Crippen LogP contribution in [0, 0.1) is 0 Å². The van der Waals surface area contributed by atoms with Crippen LogP contribution in [-0.2, 0) is 13.0 Å². The lowest BCUT2D eigenvalue weighted by molar-refractivity contribution is 0.294. The lowest BCUT2D eigenvalue weighted by atomic mass is 10.2. The third-order valence-corrected chi connectivity index (χ3v) is 4.67. The van der Waals surface area contributed by atoms with Crippen LogP contribution in [0.15, 0.2) is 36.4 Å². The number of rotatable bonds is 10. The number of H-pyrrole nitrogens is 1. The predicted octanol–water partition coefficient (Wildman–Crippen LogP) is 4.74. The molecule has 144 valence electrons. The molecule has 2 N–H and O–H groups in total. The van der Waals surface area contributed by atoms with Gasteiger partial charge < -0.3 is 19.8 Å². The van der Waals surface area contributed by atoms with Crippen LogP contribution < -0.4 is 14.8 Å². The van der Waals surface area contributed by atoms with Crippen LogP contribution >= 0.6 is 11.6 Å². The van der Waals surface area contributed by atoms with Crippen LogP contribution in [-0.4, -0.2) is 30.2 Å². The van der Waals surface area contributed by atoms with Crippen LogP contribution in [0.3, 0.4) is 0 Å². The van der Waals surface area contributed by atoms with Crippen LogP contribution in [0.4, 0.5) is 0 Å². The van der Waals surface area contributed by atoms with E-state index in [0.717, 1.165) is 48.2 Å². The lowest BCUT2D eigenvalue weighted by Gasteiger charge is -2.14. The molecular formula is C21H26ClN3O2. The highest BCUT2D eigenvalue weighted by atomic mass is 35.5. The van der Waals surface area contributed by atoms with E-state index in [4.69, 9.17) is 21.1 Å². The molecule has 0 amide bonds. The third kappa shape index (κ3) is 5.15. The summed E-state index contributed by atoms with van der Waals surface area (Å²) in [6.07, 6.45) is 2.84. The van der Waals surface area contributed by atoms with Gasteiger partial charge in [0.25, 0.3) is 0 Å². The fraction of sp³-hybridized carbons (Fsp3) is 0.381. The van der Waals surface area contributed by atoms with Gasteiger partial charge in [0.15, 0.2) is 11.5 Å². The number of aromatic nitrogens is 2. The highest BCUT2D eigenvalue weighted by Gasteiger charge is 2.10. The van der Waals surface area contributed by atoms with Crippen LogP contribution in [0.5, 0.6) is 11.5 Å². The molecule has 27 heavy (non-hydrogen) atoms. The Hall–Kier alpha value is -2.24. The summed E-state index contributed by atoms with van der Waals surface area (Å²) in [5.74, 6) is 2.43. The minimum Gasteiger partial charge on any atom is -0.493 e. The van der Waals surface area contributed by atoms with E-state index in [1.165, 1.54) is 0 Å². The standard InChI is InChI=1S/C21H26ClN3O2/c1-3-11-27-20-13-16(22)15(12-19(20)26-2)14-23-10-6-9-21-24-17-7-4-5-8-18(17)25-21/h4-5,7-8,12-13,23H,3,6,9-11,14H2,1-2H3,(H,24,25). The van der Waals surface area contributed by atoms with Crippen LogP contribution in [0.2, 0.25) is 5.02 Å². The number of ether oxygens (including phenoxy) is 2. The zero-order chi connectivity index (χ0) is 19.1. The molecule has 2 aromatic carbocycles. The topological polar surface area (TPSA) is 59.2 Å². The Labute approximate surface area is 165 Å². The Morgan fingerprint density at radius 2 is 2.04 bits per heavy atom. The molecule has 3 aromatic rings. The first-order valence-corrected chi connectivity index (χ1v) is 9.72. The Balaban J connectivity index is 1.49. The van der Waals surface area contributed by atoms with Crippen molar-refractivity contribution in [1.29, 1.82) is 0 Å². The summed E-state index contributed by atoms with van der Waals surface area (Å²) in [7, 11) is 1.65. The van der Waals surface area contributed by atoms with Gasteiger partial charge in [0.05, 0.1) is 24.8 Å². The molecule has 0 aliphatic carbocycles. The van der Waals surface area contributed by atoms with Gasteiger partial charge in [-0.15, -0.1) is 0 Å². The maximum atomic E-state index is 6.40. The molecular weight excluding hydrogens is 362 g/mol. The van der Waals surface area contributed by atoms with E-state index in [1.54, 1.807) is 7.11 Å². The van der Waals surface area contributed by atoms with Gasteiger partial charge in [0.1, 0.15) is 5.82 Å². The number of hydrogen-bond acceptors (Lipinski definition) is 4. The molecule has 5 nitrogen and oxygen atoms in total. The SMILES string of the molecule is CCCOc1cc(Cl)c(CNCCCc2nc3ccccc3[nH]2)cc1OC. The molecule has 0 fully saturated rings. The average Bonchev–Trinajstić information content (AvgIpc) is 3.10. The number of imidazole rings is 1. The second kappa shape index (κ2) is 9.62. The van der Waals surface area contributed by atoms with E-state index >= 15 is 0 Å². The quantitative estimate of drug-likeness (QED) is 0.493. The van der Waals surface area contributed by atoms with Crippen molar-refractivity contribution in [2.45, 2.75) is 32.7 Å². The molecule has 0 bridgehead atoms. The number of hydrogen-bond donors (Lipinski definition) is 2. The average molecular weight is 388 g/mol. The molecule has 0 radical (unpaired) electrons. The molecule has 0 spiro atoms. The van der Waals surface area contributed by atoms with Crippen molar-refractivity contribution >= 4 is 22.6 Å². The summed E-state index contributed by atoms with van der Waals surface area (Å²) in [6.45, 7) is 4.27. The van der Waals surface area contributed by atoms with Crippen molar-refractivity contribution in [3.8, 4) is 11.5 Å². The fourth-order valence-electron chi connectivity index (χ4n) is 2.92. The number of methoxy groups -OCH3 is 1. The smallest absolute Gasteiger partial charge is 0.162 e. The van der Waals surface area contributed by atoms with E-state index in [-0.39, 0.29) is 0 Å². The molecule has 0 saturated carbocycles. The Bertz CT molecular complexity index is 846. The number of nitrogens with one attached hydrogen (secondary N) is 2. The Morgan fingerprint density at radius 1 is 1.19 bits per heavy atom. The summed E-state index contributed by atoms with van der Waals surface area (Å²) >= 11 is 6.40. The van der Waals surface area contributed by atoms with Crippen molar-refractivity contribution in [1.82, 2.24) is 15.3 Å². The number of fused-ring (bicyclic) bond motifs is 1. The molecule has 6 heteroatoms. The van der Waals surface area contributed by atoms with E-state index in [1.807, 2.05) is 36.4 Å². The lowest BCUT2D eigenvalue weighted by Crippen LogP contribution is -2.16. The van der Waals surface area contributed by atoms with Crippen LogP contribution in [0.1, 0.15) is 31.2 Å². The fourth-order valence-corrected chi connectivity index (χ4v) is 3.15. The molecule has 1 heterocycles. The first-order chi connectivity index (χ1) is 13.2. The van der Waals surface area contributed by atoms with E-state index in [0.29, 0.717) is 29.7 Å². The van der Waals surface area contributed by atoms with Gasteiger partial charge in [-0.05, 0) is 43.1 Å². The van der Waals surface area contributed by atoms with Crippen molar-refractivity contribution in [2.75, 3.05) is 20.3 Å². The summed E-state index contributed by atoms with van der Waals surface area (Å²) < 4.78 is 11.1. The van der Waals surface area contributed by atoms with E-state index < -0.39 is 0 Å². The molecule has 0 saturated heterocycles. The van der Waals surface area contributed by atoms with Gasteiger partial charge in [-0.2, -0.15) is 0 Å². The summed E-state index contributed by atoms with van der Waals surface area (Å²) in [5, 5.41) is 4.12. The summed E-state index contributed by atoms with van der Waals surface area (Å²) in [5.41, 5.74) is 3.11. The molecule has 0 unspecified atom stereocenters. The first kappa shape index (κ1) is 19.5. The van der Waals surface area contributed by atoms with Crippen molar-refractivity contribution < 1.29 is 9.47 Å². The maximum absolute atomic E-state index is 6.40. The Morgan fingerprint density at radius 3 is 2.81 bits per heavy atom. The van der Waals surface area contributed by atoms with Gasteiger partial charge in [0, 0.05) is 24.1 Å². The highest BCUT2D eigenvalue weighted by Crippen LogP contribution is 2.33. The van der Waals surface area contributed by atoms with E-state index in [9.17, 15) is 0 Å². The number of nitrogens with zero attached hydrogens (tertiary/aromatic N) is 1. The number of halogens is 1. The summed E-state index contributed by atoms with van der Waals surface area (Å²) in [6, 6.07) is 11.9. The van der Waals surface area contributed by atoms with Gasteiger partial charge in [-0.25, -0.2) is 4.98 Å². The molecule has 1 aromatic heterocycles. The summed E-state index contributed by atoms with van der Waals surface area (Å²) in [4.78, 5) is 7.97. The number of para-hydroxylation sites is 2. The van der Waals surface area contributed by atoms with Crippen molar-refractivity contribution in [3.63, 3.8) is 0 Å². The largest absolute Gasteiger partial charge is 0.493 e. The van der Waals surface area contributed by atoms with Crippen molar-refractivity contribution in [2.24, 2.45) is 0 Å². The van der Waals surface area contributed by atoms with E-state index in [2.05, 4.69) is 22.2 Å². The van der Waals surface area contributed by atoms with Gasteiger partial charge in [-0.1, -0.05) is 30.7 Å². The second-order valence-corrected chi connectivity index (χ2v) is 6.83. The predicted molar refractivity (Wildman–Crippen MR) is 110 cm³/mol. The molecule has 0 aliphatic heterocycles. The molecule has 3 rings (SSSR count). The zero-order valence-electron chi connectivity index (χ0n) is 15.8. The maximum Gasteiger partial charge on any atom is 0.162 e. The first-order valence-electron chi connectivity index (χ1n) is 9.34. The highest BCUT2D eigenvalue weighted by molar-refractivity contribution is 6.31. The molecule has 0 aliphatic rings. The van der Waals surface area contributed by atoms with Gasteiger partial charge >= 0.3 is 0 Å². The monoisotopic (exact) mass is 387 g/mol. The normalized spacial score (nSPS) is 11.1. The second-order valence-electron chi connectivity index (χ2n) is 6.42. The number of benzene rings is 2. The molecule has 0 atom stereocenters. The van der Waals surface area contributed by atoms with Crippen molar-refractivity contribution in [3.05, 3.63) is 52.8 Å². The minimum absolute atomic E-state index is 0.645. The number of aryl methyl sites for hydroxylation is 1. The Kier molecular flexibility index (Phi) is 6.96. The van der Waals surface area contributed by atoms with Gasteiger partial charge in [0.2, 0.25) is 0 Å². The number of aromatic amines is 1. The zero-order valence-corrected chi connectivity index (χ0v) is 16.6. The van der Waals surface area contributed by atoms with Crippen LogP contribution in [0.25, 0.3) is 11.0 Å². The minimum atomic E-state index is 0.645. The van der Waals surface area contributed by atoms with Gasteiger partial charge in [-0.3, -0.25) is 0 Å². The third-order valence-electron chi connectivity index (χ3n) is 4.32.